The monoisotopic (exact) mass is 226 g/mol. The molecule has 1 heterocycles. The van der Waals surface area contributed by atoms with Crippen molar-refractivity contribution in [2.24, 2.45) is 5.73 Å². The molecule has 0 aromatic rings. The van der Waals surface area contributed by atoms with Gasteiger partial charge >= 0.3 is 0 Å². The third kappa shape index (κ3) is 3.46. The second kappa shape index (κ2) is 7.29. The quantitative estimate of drug-likeness (QED) is 0.754. The minimum Gasteiger partial charge on any atom is -0.329 e. The molecule has 0 aliphatic carbocycles. The average molecular weight is 226 g/mol. The van der Waals surface area contributed by atoms with Gasteiger partial charge in [-0.15, -0.1) is 0 Å². The van der Waals surface area contributed by atoms with Gasteiger partial charge in [0, 0.05) is 12.1 Å². The maximum absolute atomic E-state index is 6.12. The van der Waals surface area contributed by atoms with E-state index in [1.807, 2.05) is 0 Å². The summed E-state index contributed by atoms with van der Waals surface area (Å²) in [6.07, 6.45) is 10.6. The average Bonchev–Trinajstić information content (AvgIpc) is 2.57. The van der Waals surface area contributed by atoms with E-state index in [1.54, 1.807) is 0 Å². The molecule has 1 rings (SSSR count). The van der Waals surface area contributed by atoms with Gasteiger partial charge in [-0.1, -0.05) is 39.5 Å². The highest BCUT2D eigenvalue weighted by Gasteiger charge is 2.33. The van der Waals surface area contributed by atoms with Gasteiger partial charge in [0.25, 0.3) is 0 Å². The Morgan fingerprint density at radius 3 is 1.81 bits per heavy atom. The van der Waals surface area contributed by atoms with Crippen LogP contribution in [0.15, 0.2) is 0 Å². The minimum absolute atomic E-state index is 0.313. The van der Waals surface area contributed by atoms with Crippen molar-refractivity contribution in [1.29, 1.82) is 0 Å². The molecule has 2 N–H and O–H groups in total. The fourth-order valence-corrected chi connectivity index (χ4v) is 3.25. The topological polar surface area (TPSA) is 29.3 Å². The Morgan fingerprint density at radius 1 is 0.938 bits per heavy atom. The van der Waals surface area contributed by atoms with Crippen molar-refractivity contribution in [3.63, 3.8) is 0 Å². The Balaban J connectivity index is 2.70. The normalized spacial score (nSPS) is 19.7. The van der Waals surface area contributed by atoms with Gasteiger partial charge in [0.2, 0.25) is 0 Å². The second-order valence-electron chi connectivity index (χ2n) is 5.33. The molecule has 0 aromatic carbocycles. The van der Waals surface area contributed by atoms with Crippen LogP contribution in [-0.4, -0.2) is 30.1 Å². The first kappa shape index (κ1) is 14.0. The second-order valence-corrected chi connectivity index (χ2v) is 5.33. The maximum Gasteiger partial charge on any atom is 0.0331 e. The van der Waals surface area contributed by atoms with Gasteiger partial charge < -0.3 is 5.73 Å². The first-order valence-corrected chi connectivity index (χ1v) is 7.24. The summed E-state index contributed by atoms with van der Waals surface area (Å²) in [5, 5.41) is 0. The molecular weight excluding hydrogens is 196 g/mol. The van der Waals surface area contributed by atoms with E-state index in [0.717, 1.165) is 6.54 Å². The molecule has 0 radical (unpaired) electrons. The van der Waals surface area contributed by atoms with Crippen LogP contribution in [-0.2, 0) is 0 Å². The highest BCUT2D eigenvalue weighted by Crippen LogP contribution is 2.28. The van der Waals surface area contributed by atoms with Crippen LogP contribution < -0.4 is 5.73 Å². The highest BCUT2D eigenvalue weighted by molar-refractivity contribution is 4.91. The molecule has 2 heteroatoms. The summed E-state index contributed by atoms with van der Waals surface area (Å²) in [4.78, 5) is 2.72. The van der Waals surface area contributed by atoms with Gasteiger partial charge in [-0.2, -0.15) is 0 Å². The van der Waals surface area contributed by atoms with E-state index >= 15 is 0 Å². The summed E-state index contributed by atoms with van der Waals surface area (Å²) in [7, 11) is 0. The van der Waals surface area contributed by atoms with E-state index in [4.69, 9.17) is 5.73 Å². The maximum atomic E-state index is 6.12. The minimum atomic E-state index is 0.313. The van der Waals surface area contributed by atoms with Crippen LogP contribution in [0, 0.1) is 0 Å². The Labute approximate surface area is 102 Å². The number of nitrogens with two attached hydrogens (primary N) is 1. The smallest absolute Gasteiger partial charge is 0.0331 e. The standard InChI is InChI=1S/C14H30N2/c1-3-9-14(13-15,10-4-2)16-11-7-5-6-8-12-16/h3-13,15H2,1-2H3. The molecule has 1 saturated heterocycles. The van der Waals surface area contributed by atoms with Crippen molar-refractivity contribution in [2.45, 2.75) is 70.8 Å². The van der Waals surface area contributed by atoms with Crippen LogP contribution in [0.4, 0.5) is 0 Å². The molecule has 2 nitrogen and oxygen atoms in total. The number of hydrogen-bond acceptors (Lipinski definition) is 2. The van der Waals surface area contributed by atoms with E-state index in [1.165, 1.54) is 64.5 Å². The summed E-state index contributed by atoms with van der Waals surface area (Å²) in [6.45, 7) is 7.97. The predicted octanol–water partition coefficient (Wildman–Crippen LogP) is 3.16. The van der Waals surface area contributed by atoms with Gasteiger partial charge in [0.15, 0.2) is 0 Å². The van der Waals surface area contributed by atoms with E-state index in [0.29, 0.717) is 5.54 Å². The van der Waals surface area contributed by atoms with Crippen LogP contribution in [0.25, 0.3) is 0 Å². The van der Waals surface area contributed by atoms with Crippen LogP contribution in [0.2, 0.25) is 0 Å². The third-order valence-electron chi connectivity index (χ3n) is 4.09. The molecule has 1 fully saturated rings. The zero-order chi connectivity index (χ0) is 11.9. The van der Waals surface area contributed by atoms with Gasteiger partial charge in [0.05, 0.1) is 0 Å². The molecule has 0 atom stereocenters. The molecule has 0 aromatic heterocycles. The van der Waals surface area contributed by atoms with Crippen molar-refractivity contribution in [2.75, 3.05) is 19.6 Å². The van der Waals surface area contributed by atoms with Crippen LogP contribution in [0.1, 0.15) is 65.2 Å². The first-order chi connectivity index (χ1) is 7.79. The first-order valence-electron chi connectivity index (χ1n) is 7.24. The lowest BCUT2D eigenvalue weighted by Crippen LogP contribution is -2.54. The van der Waals surface area contributed by atoms with E-state index in [-0.39, 0.29) is 0 Å². The lowest BCUT2D eigenvalue weighted by atomic mass is 9.86. The molecule has 0 unspecified atom stereocenters. The largest absolute Gasteiger partial charge is 0.329 e. The zero-order valence-electron chi connectivity index (χ0n) is 11.3. The van der Waals surface area contributed by atoms with Crippen molar-refractivity contribution in [1.82, 2.24) is 4.90 Å². The Bertz CT molecular complexity index is 166. The van der Waals surface area contributed by atoms with Crippen molar-refractivity contribution < 1.29 is 0 Å². The van der Waals surface area contributed by atoms with E-state index in [9.17, 15) is 0 Å². The molecule has 0 amide bonds. The summed E-state index contributed by atoms with van der Waals surface area (Å²) in [6, 6.07) is 0. The van der Waals surface area contributed by atoms with Gasteiger partial charge in [0.1, 0.15) is 0 Å². The third-order valence-corrected chi connectivity index (χ3v) is 4.09. The molecule has 1 aliphatic rings. The molecule has 0 spiro atoms. The molecule has 96 valence electrons. The fourth-order valence-electron chi connectivity index (χ4n) is 3.25. The van der Waals surface area contributed by atoms with Crippen LogP contribution in [0.5, 0.6) is 0 Å². The Hall–Kier alpha value is -0.0800. The summed E-state index contributed by atoms with van der Waals surface area (Å²) in [5.74, 6) is 0. The van der Waals surface area contributed by atoms with Crippen molar-refractivity contribution in [3.05, 3.63) is 0 Å². The summed E-state index contributed by atoms with van der Waals surface area (Å²) < 4.78 is 0. The zero-order valence-corrected chi connectivity index (χ0v) is 11.3. The van der Waals surface area contributed by atoms with E-state index < -0.39 is 0 Å². The number of hydrogen-bond donors (Lipinski definition) is 1. The number of rotatable bonds is 6. The Morgan fingerprint density at radius 2 is 1.44 bits per heavy atom. The predicted molar refractivity (Wildman–Crippen MR) is 71.6 cm³/mol. The van der Waals surface area contributed by atoms with Gasteiger partial charge in [-0.3, -0.25) is 4.90 Å². The number of likely N-dealkylation sites (tertiary alicyclic amines) is 1. The molecule has 1 aliphatic heterocycles. The van der Waals surface area contributed by atoms with Crippen molar-refractivity contribution >= 4 is 0 Å². The summed E-state index contributed by atoms with van der Waals surface area (Å²) in [5.41, 5.74) is 6.43. The SMILES string of the molecule is CCCC(CN)(CCC)N1CCCCCC1. The van der Waals surface area contributed by atoms with E-state index in [2.05, 4.69) is 18.7 Å². The van der Waals surface area contributed by atoms with Crippen LogP contribution in [0.3, 0.4) is 0 Å². The number of nitrogens with zero attached hydrogens (tertiary/aromatic N) is 1. The molecule has 0 bridgehead atoms. The fraction of sp³-hybridized carbons (Fsp3) is 1.00. The Kier molecular flexibility index (Phi) is 6.37. The highest BCUT2D eigenvalue weighted by atomic mass is 15.2. The lowest BCUT2D eigenvalue weighted by Gasteiger charge is -2.43. The van der Waals surface area contributed by atoms with Gasteiger partial charge in [-0.05, 0) is 38.8 Å². The molecule has 0 saturated carbocycles. The molecular formula is C14H30N2. The van der Waals surface area contributed by atoms with Gasteiger partial charge in [-0.25, -0.2) is 0 Å². The van der Waals surface area contributed by atoms with Crippen molar-refractivity contribution in [3.8, 4) is 0 Å². The molecule has 16 heavy (non-hydrogen) atoms. The van der Waals surface area contributed by atoms with Crippen LogP contribution >= 0.6 is 0 Å². The lowest BCUT2D eigenvalue weighted by molar-refractivity contribution is 0.0779. The summed E-state index contributed by atoms with van der Waals surface area (Å²) >= 11 is 0.